The molecule has 1 fully saturated rings. The number of nitrogens with one attached hydrogen (secondary N) is 1. The largest absolute Gasteiger partial charge is 0.352 e. The van der Waals surface area contributed by atoms with Crippen molar-refractivity contribution in [3.8, 4) is 5.82 Å². The van der Waals surface area contributed by atoms with Gasteiger partial charge in [-0.1, -0.05) is 36.4 Å². The summed E-state index contributed by atoms with van der Waals surface area (Å²) in [5, 5.41) is 7.12. The Morgan fingerprint density at radius 3 is 2.80 bits per heavy atom. The van der Waals surface area contributed by atoms with Gasteiger partial charge in [0.05, 0.1) is 12.3 Å². The zero-order valence-electron chi connectivity index (χ0n) is 16.6. The van der Waals surface area contributed by atoms with Gasteiger partial charge in [0.1, 0.15) is 12.7 Å². The van der Waals surface area contributed by atoms with E-state index in [1.165, 1.54) is 6.33 Å². The summed E-state index contributed by atoms with van der Waals surface area (Å²) in [5.41, 5.74) is 1.84. The summed E-state index contributed by atoms with van der Waals surface area (Å²) in [5.74, 6) is 0.462. The molecule has 0 saturated carbocycles. The minimum absolute atomic E-state index is 0.0411. The van der Waals surface area contributed by atoms with E-state index in [9.17, 15) is 9.59 Å². The van der Waals surface area contributed by atoms with Crippen LogP contribution in [0.2, 0.25) is 0 Å². The molecule has 0 radical (unpaired) electrons. The third kappa shape index (κ3) is 4.71. The van der Waals surface area contributed by atoms with Gasteiger partial charge in [-0.3, -0.25) is 9.59 Å². The molecule has 1 aromatic carbocycles. The molecule has 154 valence electrons. The average Bonchev–Trinajstić information content (AvgIpc) is 3.33. The third-order valence-corrected chi connectivity index (χ3v) is 5.30. The number of pyridine rings is 1. The van der Waals surface area contributed by atoms with E-state index in [4.69, 9.17) is 0 Å². The lowest BCUT2D eigenvalue weighted by Crippen LogP contribution is -2.45. The molecule has 3 aromatic rings. The van der Waals surface area contributed by atoms with Crippen molar-refractivity contribution in [2.45, 2.75) is 25.8 Å². The first-order valence-corrected chi connectivity index (χ1v) is 10.1. The van der Waals surface area contributed by atoms with Crippen LogP contribution in [-0.2, 0) is 22.6 Å². The number of carbonyl (C=O) groups is 2. The first kappa shape index (κ1) is 19.8. The van der Waals surface area contributed by atoms with Crippen molar-refractivity contribution >= 4 is 11.8 Å². The van der Waals surface area contributed by atoms with Gasteiger partial charge in [-0.15, -0.1) is 0 Å². The van der Waals surface area contributed by atoms with Crippen molar-refractivity contribution in [2.24, 2.45) is 5.92 Å². The van der Waals surface area contributed by atoms with E-state index in [0.29, 0.717) is 31.9 Å². The minimum Gasteiger partial charge on any atom is -0.352 e. The Bertz CT molecular complexity index is 990. The number of likely N-dealkylation sites (tertiary alicyclic amines) is 1. The maximum atomic E-state index is 12.8. The van der Waals surface area contributed by atoms with E-state index in [0.717, 1.165) is 24.0 Å². The summed E-state index contributed by atoms with van der Waals surface area (Å²) in [6.45, 7) is 1.51. The smallest absolute Gasteiger partial charge is 0.227 e. The van der Waals surface area contributed by atoms with Crippen molar-refractivity contribution in [2.75, 3.05) is 13.1 Å². The van der Waals surface area contributed by atoms with Crippen molar-refractivity contribution in [1.82, 2.24) is 30.0 Å². The molecule has 0 bridgehead atoms. The topological polar surface area (TPSA) is 93.0 Å². The van der Waals surface area contributed by atoms with Gasteiger partial charge in [-0.05, 0) is 24.5 Å². The van der Waals surface area contributed by atoms with Gasteiger partial charge >= 0.3 is 0 Å². The maximum Gasteiger partial charge on any atom is 0.227 e. The van der Waals surface area contributed by atoms with E-state index < -0.39 is 0 Å². The highest BCUT2D eigenvalue weighted by Gasteiger charge is 2.28. The molecule has 8 nitrogen and oxygen atoms in total. The summed E-state index contributed by atoms with van der Waals surface area (Å²) < 4.78 is 1.58. The SMILES string of the molecule is O=C(NCc1cccnc1-n1cncn1)C1CCCN(C(=O)Cc2ccccc2)C1. The molecule has 4 rings (SSSR count). The number of amides is 2. The molecule has 3 heterocycles. The molecule has 8 heteroatoms. The van der Waals surface area contributed by atoms with Gasteiger partial charge in [0.15, 0.2) is 5.82 Å². The lowest BCUT2D eigenvalue weighted by Gasteiger charge is -2.32. The van der Waals surface area contributed by atoms with Crippen LogP contribution in [0.5, 0.6) is 0 Å². The van der Waals surface area contributed by atoms with Gasteiger partial charge < -0.3 is 10.2 Å². The van der Waals surface area contributed by atoms with Crippen molar-refractivity contribution in [3.63, 3.8) is 0 Å². The lowest BCUT2D eigenvalue weighted by atomic mass is 9.96. The first-order chi connectivity index (χ1) is 14.7. The molecule has 30 heavy (non-hydrogen) atoms. The molecule has 2 amide bonds. The summed E-state index contributed by atoms with van der Waals surface area (Å²) in [6, 6.07) is 13.4. The highest BCUT2D eigenvalue weighted by atomic mass is 16.2. The molecule has 0 aliphatic carbocycles. The van der Waals surface area contributed by atoms with Gasteiger partial charge in [0.2, 0.25) is 11.8 Å². The lowest BCUT2D eigenvalue weighted by molar-refractivity contribution is -0.135. The van der Waals surface area contributed by atoms with Crippen molar-refractivity contribution in [1.29, 1.82) is 0 Å². The van der Waals surface area contributed by atoms with Crippen LogP contribution in [0, 0.1) is 5.92 Å². The van der Waals surface area contributed by atoms with Crippen LogP contribution in [-0.4, -0.2) is 49.6 Å². The number of aromatic nitrogens is 4. The first-order valence-electron chi connectivity index (χ1n) is 10.1. The Morgan fingerprint density at radius 2 is 2.00 bits per heavy atom. The maximum absolute atomic E-state index is 12.8. The second-order valence-electron chi connectivity index (χ2n) is 7.39. The standard InChI is InChI=1S/C22H24N6O2/c29-20(12-17-6-2-1-3-7-17)27-11-5-9-19(14-27)22(30)25-13-18-8-4-10-24-21(18)28-16-23-15-26-28/h1-4,6-8,10,15-16,19H,5,9,11-14H2,(H,25,30). The van der Waals surface area contributed by atoms with Crippen molar-refractivity contribution < 1.29 is 9.59 Å². The predicted molar refractivity (Wildman–Crippen MR) is 110 cm³/mol. The summed E-state index contributed by atoms with van der Waals surface area (Å²) in [4.78, 5) is 35.6. The predicted octanol–water partition coefficient (Wildman–Crippen LogP) is 1.76. The second kappa shape index (κ2) is 9.30. The van der Waals surface area contributed by atoms with Crippen LogP contribution in [0.3, 0.4) is 0 Å². The van der Waals surface area contributed by atoms with Crippen molar-refractivity contribution in [3.05, 3.63) is 72.4 Å². The monoisotopic (exact) mass is 404 g/mol. The molecule has 1 unspecified atom stereocenters. The quantitative estimate of drug-likeness (QED) is 0.676. The number of nitrogens with zero attached hydrogens (tertiary/aromatic N) is 5. The molecule has 1 atom stereocenters. The second-order valence-corrected chi connectivity index (χ2v) is 7.39. The van der Waals surface area contributed by atoms with E-state index in [1.54, 1.807) is 17.2 Å². The fourth-order valence-corrected chi connectivity index (χ4v) is 3.72. The summed E-state index contributed by atoms with van der Waals surface area (Å²) in [6.07, 6.45) is 6.68. The van der Waals surface area contributed by atoms with E-state index in [-0.39, 0.29) is 17.7 Å². The molecule has 0 spiro atoms. The molecular weight excluding hydrogens is 380 g/mol. The Hall–Kier alpha value is -3.55. The Morgan fingerprint density at radius 1 is 1.13 bits per heavy atom. The third-order valence-electron chi connectivity index (χ3n) is 5.30. The number of hydrogen-bond donors (Lipinski definition) is 1. The number of hydrogen-bond acceptors (Lipinski definition) is 5. The zero-order valence-corrected chi connectivity index (χ0v) is 16.6. The highest BCUT2D eigenvalue weighted by molar-refractivity contribution is 5.82. The van der Waals surface area contributed by atoms with Crippen LogP contribution in [0.15, 0.2) is 61.3 Å². The summed E-state index contributed by atoms with van der Waals surface area (Å²) in [7, 11) is 0. The number of benzene rings is 1. The van der Waals surface area contributed by atoms with Gasteiger partial charge in [0, 0.05) is 31.4 Å². The van der Waals surface area contributed by atoms with E-state index >= 15 is 0 Å². The average molecular weight is 404 g/mol. The molecule has 1 saturated heterocycles. The van der Waals surface area contributed by atoms with Crippen LogP contribution in [0.25, 0.3) is 5.82 Å². The molecule has 2 aromatic heterocycles. The Labute approximate surface area is 175 Å². The molecule has 1 N–H and O–H groups in total. The zero-order chi connectivity index (χ0) is 20.8. The normalized spacial score (nSPS) is 16.3. The summed E-state index contributed by atoms with van der Waals surface area (Å²) >= 11 is 0. The van der Waals surface area contributed by atoms with Gasteiger partial charge in [0.25, 0.3) is 0 Å². The number of piperidine rings is 1. The minimum atomic E-state index is -0.204. The molecular formula is C22H24N6O2. The number of carbonyl (C=O) groups excluding carboxylic acids is 2. The van der Waals surface area contributed by atoms with E-state index in [2.05, 4.69) is 20.4 Å². The fraction of sp³-hybridized carbons (Fsp3) is 0.318. The molecule has 1 aliphatic heterocycles. The Balaban J connectivity index is 1.35. The van der Waals surface area contributed by atoms with Crippen LogP contribution in [0.4, 0.5) is 0 Å². The van der Waals surface area contributed by atoms with Crippen LogP contribution >= 0.6 is 0 Å². The van der Waals surface area contributed by atoms with Gasteiger partial charge in [-0.2, -0.15) is 5.10 Å². The Kier molecular flexibility index (Phi) is 6.12. The fourth-order valence-electron chi connectivity index (χ4n) is 3.72. The van der Waals surface area contributed by atoms with Crippen LogP contribution in [0.1, 0.15) is 24.0 Å². The number of rotatable bonds is 6. The highest BCUT2D eigenvalue weighted by Crippen LogP contribution is 2.18. The molecule has 1 aliphatic rings. The van der Waals surface area contributed by atoms with Crippen LogP contribution < -0.4 is 5.32 Å². The van der Waals surface area contributed by atoms with E-state index in [1.807, 2.05) is 47.4 Å². The van der Waals surface area contributed by atoms with Gasteiger partial charge in [-0.25, -0.2) is 14.6 Å².